The lowest BCUT2D eigenvalue weighted by Crippen LogP contribution is -2.49. The minimum absolute atomic E-state index is 0.214. The molecule has 27 heavy (non-hydrogen) atoms. The van der Waals surface area contributed by atoms with Gasteiger partial charge in [-0.05, 0) is 49.5 Å². The second-order valence-corrected chi connectivity index (χ2v) is 7.05. The van der Waals surface area contributed by atoms with Gasteiger partial charge in [0.1, 0.15) is 0 Å². The highest BCUT2D eigenvalue weighted by molar-refractivity contribution is 5.86. The summed E-state index contributed by atoms with van der Waals surface area (Å²) in [6.45, 7) is 0.214. The van der Waals surface area contributed by atoms with Crippen LogP contribution in [-0.2, 0) is 12.2 Å². The first-order chi connectivity index (χ1) is 13.1. The average Bonchev–Trinajstić information content (AvgIpc) is 3.34. The molecule has 3 aliphatic rings. The first-order valence-corrected chi connectivity index (χ1v) is 8.95. The van der Waals surface area contributed by atoms with Crippen LogP contribution < -0.4 is 26.3 Å². The van der Waals surface area contributed by atoms with Gasteiger partial charge in [0.25, 0.3) is 0 Å². The van der Waals surface area contributed by atoms with Gasteiger partial charge in [0.05, 0.1) is 5.69 Å². The van der Waals surface area contributed by atoms with Gasteiger partial charge in [-0.25, -0.2) is 15.0 Å². The molecule has 1 aromatic heterocycles. The second kappa shape index (κ2) is 5.95. The van der Waals surface area contributed by atoms with E-state index in [2.05, 4.69) is 20.3 Å². The first-order valence-electron chi connectivity index (χ1n) is 8.95. The van der Waals surface area contributed by atoms with Gasteiger partial charge < -0.3 is 20.5 Å². The zero-order chi connectivity index (χ0) is 18.4. The maximum Gasteiger partial charge on any atom is 0.231 e. The summed E-state index contributed by atoms with van der Waals surface area (Å²) in [6.07, 6.45) is 8.68. The van der Waals surface area contributed by atoms with Crippen LogP contribution in [0.2, 0.25) is 0 Å². The number of rotatable bonds is 4. The summed E-state index contributed by atoms with van der Waals surface area (Å²) in [4.78, 5) is 13.1. The number of hydrogen-bond donors (Lipinski definition) is 3. The number of nitrogens with one attached hydrogen (secondary N) is 1. The molecule has 0 bridgehead atoms. The fourth-order valence-electron chi connectivity index (χ4n) is 3.35. The van der Waals surface area contributed by atoms with Gasteiger partial charge >= 0.3 is 0 Å². The maximum absolute atomic E-state index is 6.58. The van der Waals surface area contributed by atoms with Crippen LogP contribution in [0, 0.1) is 5.92 Å². The van der Waals surface area contributed by atoms with Gasteiger partial charge in [-0.3, -0.25) is 5.73 Å². The molecular weight excluding hydrogens is 344 g/mol. The van der Waals surface area contributed by atoms with Crippen molar-refractivity contribution in [1.82, 2.24) is 15.3 Å². The molecule has 0 spiro atoms. The fraction of sp³-hybridized carbons (Fsp3) is 0.316. The van der Waals surface area contributed by atoms with Crippen molar-refractivity contribution in [3.8, 4) is 11.5 Å². The predicted molar refractivity (Wildman–Crippen MR) is 101 cm³/mol. The van der Waals surface area contributed by atoms with E-state index in [-0.39, 0.29) is 12.7 Å². The summed E-state index contributed by atoms with van der Waals surface area (Å²) >= 11 is 0. The molecule has 1 unspecified atom stereocenters. The standard InChI is InChI=1S/C19H20N6O2/c20-18-22-9-13(15(24-18)7-11-1-2-11)14-5-6-23-19(21,25-14)12-3-4-16-17(8-12)27-10-26-16/h3-6,8-9,11,25H,1-2,7,10,21H2,(H2,20,22,24). The first kappa shape index (κ1) is 16.1. The largest absolute Gasteiger partial charge is 0.454 e. The Balaban J connectivity index is 1.47. The minimum atomic E-state index is -1.12. The Morgan fingerprint density at radius 2 is 2.07 bits per heavy atom. The maximum atomic E-state index is 6.58. The summed E-state index contributed by atoms with van der Waals surface area (Å²) in [5.74, 6) is 1.21. The molecule has 138 valence electrons. The van der Waals surface area contributed by atoms with E-state index in [1.165, 1.54) is 12.8 Å². The van der Waals surface area contributed by atoms with Gasteiger partial charge in [-0.2, -0.15) is 0 Å². The minimum Gasteiger partial charge on any atom is -0.454 e. The summed E-state index contributed by atoms with van der Waals surface area (Å²) in [7, 11) is 0. The number of benzene rings is 1. The third kappa shape index (κ3) is 2.97. The third-order valence-corrected chi connectivity index (χ3v) is 5.01. The topological polar surface area (TPSA) is 121 Å². The van der Waals surface area contributed by atoms with Gasteiger partial charge in [0.2, 0.25) is 18.5 Å². The van der Waals surface area contributed by atoms with E-state index in [1.807, 2.05) is 24.3 Å². The van der Waals surface area contributed by atoms with Crippen molar-refractivity contribution >= 4 is 17.9 Å². The van der Waals surface area contributed by atoms with Crippen LogP contribution in [0.1, 0.15) is 29.7 Å². The highest BCUT2D eigenvalue weighted by Crippen LogP contribution is 2.37. The molecule has 1 atom stereocenters. The molecular formula is C19H20N6O2. The number of nitrogens with two attached hydrogens (primary N) is 2. The second-order valence-electron chi connectivity index (χ2n) is 7.05. The van der Waals surface area contributed by atoms with Crippen molar-refractivity contribution in [3.63, 3.8) is 0 Å². The molecule has 1 fully saturated rings. The fourth-order valence-corrected chi connectivity index (χ4v) is 3.35. The molecule has 8 heteroatoms. The number of ether oxygens (including phenoxy) is 2. The number of anilines is 1. The molecule has 1 aliphatic carbocycles. The molecule has 0 radical (unpaired) electrons. The normalized spacial score (nSPS) is 23.1. The Morgan fingerprint density at radius 1 is 1.22 bits per heavy atom. The van der Waals surface area contributed by atoms with Gasteiger partial charge in [-0.15, -0.1) is 0 Å². The highest BCUT2D eigenvalue weighted by Gasteiger charge is 2.32. The van der Waals surface area contributed by atoms with E-state index in [0.29, 0.717) is 17.4 Å². The third-order valence-electron chi connectivity index (χ3n) is 5.01. The Bertz CT molecular complexity index is 969. The van der Waals surface area contributed by atoms with Crippen LogP contribution in [0.5, 0.6) is 11.5 Å². The van der Waals surface area contributed by atoms with E-state index in [1.54, 1.807) is 12.4 Å². The number of aliphatic imine (C=N–C) groups is 1. The molecule has 0 saturated heterocycles. The lowest BCUT2D eigenvalue weighted by Gasteiger charge is -2.32. The van der Waals surface area contributed by atoms with Crippen LogP contribution in [-0.4, -0.2) is 23.0 Å². The van der Waals surface area contributed by atoms with Crippen molar-refractivity contribution in [2.24, 2.45) is 16.6 Å². The van der Waals surface area contributed by atoms with Crippen LogP contribution in [0.15, 0.2) is 35.5 Å². The average molecular weight is 364 g/mol. The van der Waals surface area contributed by atoms with Crippen molar-refractivity contribution < 1.29 is 9.47 Å². The van der Waals surface area contributed by atoms with E-state index in [0.717, 1.165) is 28.9 Å². The number of nitrogen functional groups attached to an aromatic ring is 1. The Labute approximate surface area is 156 Å². The lowest BCUT2D eigenvalue weighted by atomic mass is 10.0. The summed E-state index contributed by atoms with van der Waals surface area (Å²) < 4.78 is 10.8. The summed E-state index contributed by atoms with van der Waals surface area (Å²) in [5.41, 5.74) is 15.8. The Morgan fingerprint density at radius 3 is 2.93 bits per heavy atom. The molecule has 1 saturated carbocycles. The number of aromatic nitrogens is 2. The predicted octanol–water partition coefficient (Wildman–Crippen LogP) is 1.52. The molecule has 1 aromatic carbocycles. The summed E-state index contributed by atoms with van der Waals surface area (Å²) in [6, 6.07) is 5.57. The Kier molecular flexibility index (Phi) is 3.54. The quantitative estimate of drug-likeness (QED) is 0.752. The van der Waals surface area contributed by atoms with Crippen LogP contribution in [0.4, 0.5) is 5.95 Å². The molecule has 0 amide bonds. The molecule has 2 aliphatic heterocycles. The Hall–Kier alpha value is -3.13. The number of hydrogen-bond acceptors (Lipinski definition) is 8. The summed E-state index contributed by atoms with van der Waals surface area (Å²) in [5, 5.41) is 3.33. The zero-order valence-electron chi connectivity index (χ0n) is 14.7. The van der Waals surface area contributed by atoms with Gasteiger partial charge in [0.15, 0.2) is 11.5 Å². The molecule has 5 rings (SSSR count). The molecule has 5 N–H and O–H groups in total. The van der Waals surface area contributed by atoms with Gasteiger partial charge in [0, 0.05) is 29.2 Å². The number of fused-ring (bicyclic) bond motifs is 1. The van der Waals surface area contributed by atoms with Gasteiger partial charge in [-0.1, -0.05) is 0 Å². The van der Waals surface area contributed by atoms with Crippen molar-refractivity contribution in [2.75, 3.05) is 12.5 Å². The van der Waals surface area contributed by atoms with Crippen molar-refractivity contribution in [3.05, 3.63) is 47.3 Å². The van der Waals surface area contributed by atoms with Crippen molar-refractivity contribution in [2.45, 2.75) is 25.0 Å². The zero-order valence-corrected chi connectivity index (χ0v) is 14.7. The van der Waals surface area contributed by atoms with E-state index in [4.69, 9.17) is 20.9 Å². The molecule has 8 nitrogen and oxygen atoms in total. The van der Waals surface area contributed by atoms with E-state index >= 15 is 0 Å². The van der Waals surface area contributed by atoms with Crippen LogP contribution >= 0.6 is 0 Å². The van der Waals surface area contributed by atoms with Crippen LogP contribution in [0.3, 0.4) is 0 Å². The van der Waals surface area contributed by atoms with E-state index in [9.17, 15) is 0 Å². The smallest absolute Gasteiger partial charge is 0.231 e. The van der Waals surface area contributed by atoms with Crippen molar-refractivity contribution in [1.29, 1.82) is 0 Å². The number of nitrogens with zero attached hydrogens (tertiary/aromatic N) is 3. The molecule has 2 aromatic rings. The SMILES string of the molecule is Nc1ncc(C2=CC=NC(N)(c3ccc4c(c3)OCO4)N2)c(CC2CC2)n1. The lowest BCUT2D eigenvalue weighted by molar-refractivity contribution is 0.174. The number of allylic oxidation sites excluding steroid dienone is 1. The van der Waals surface area contributed by atoms with E-state index < -0.39 is 5.79 Å². The monoisotopic (exact) mass is 364 g/mol. The molecule has 3 heterocycles. The van der Waals surface area contributed by atoms with Crippen LogP contribution in [0.25, 0.3) is 5.70 Å². The highest BCUT2D eigenvalue weighted by atomic mass is 16.7.